The lowest BCUT2D eigenvalue weighted by Gasteiger charge is -2.32. The summed E-state index contributed by atoms with van der Waals surface area (Å²) < 4.78 is 11.6. The molecule has 2 N–H and O–H groups in total. The summed E-state index contributed by atoms with van der Waals surface area (Å²) in [6.45, 7) is 11.1. The molecule has 2 saturated heterocycles. The molecule has 7 heteroatoms. The van der Waals surface area contributed by atoms with E-state index >= 15 is 0 Å². The molecule has 1 aromatic carbocycles. The number of hydrogen-bond donors (Lipinski definition) is 2. The molecule has 1 unspecified atom stereocenters. The highest BCUT2D eigenvalue weighted by molar-refractivity contribution is 5.79. The van der Waals surface area contributed by atoms with Crippen LogP contribution < -0.4 is 15.4 Å². The first-order valence-electron chi connectivity index (χ1n) is 11.3. The van der Waals surface area contributed by atoms with Gasteiger partial charge < -0.3 is 29.9 Å². The van der Waals surface area contributed by atoms with Gasteiger partial charge in [-0.05, 0) is 45.0 Å². The van der Waals surface area contributed by atoms with Gasteiger partial charge in [-0.25, -0.2) is 0 Å². The second kappa shape index (κ2) is 12.1. The molecular weight excluding hydrogens is 378 g/mol. The number of aliphatic imine (C=N–C) groups is 1. The number of nitrogens with zero attached hydrogens (tertiary/aromatic N) is 3. The summed E-state index contributed by atoms with van der Waals surface area (Å²) in [4.78, 5) is 9.34. The van der Waals surface area contributed by atoms with Crippen molar-refractivity contribution in [2.24, 2.45) is 4.99 Å². The van der Waals surface area contributed by atoms with Crippen molar-refractivity contribution in [2.45, 2.75) is 38.8 Å². The zero-order chi connectivity index (χ0) is 21.2. The number of ether oxygens (including phenoxy) is 2. The van der Waals surface area contributed by atoms with Crippen molar-refractivity contribution in [3.63, 3.8) is 0 Å². The van der Waals surface area contributed by atoms with E-state index in [0.29, 0.717) is 13.2 Å². The van der Waals surface area contributed by atoms with Gasteiger partial charge in [0.25, 0.3) is 0 Å². The van der Waals surface area contributed by atoms with E-state index in [1.165, 1.54) is 44.7 Å². The summed E-state index contributed by atoms with van der Waals surface area (Å²) in [5.41, 5.74) is 2.35. The SMILES string of the molecule is CN=C(NCCCCN1CCN(C)CC1)NCc1ccc(C)cc1OC1CCOC1. The van der Waals surface area contributed by atoms with Crippen LogP contribution in [0.1, 0.15) is 30.4 Å². The Morgan fingerprint density at radius 1 is 1.20 bits per heavy atom. The topological polar surface area (TPSA) is 61.4 Å². The number of guanidine groups is 1. The number of unbranched alkanes of at least 4 members (excludes halogenated alkanes) is 1. The maximum Gasteiger partial charge on any atom is 0.191 e. The third-order valence-electron chi connectivity index (χ3n) is 5.86. The van der Waals surface area contributed by atoms with Gasteiger partial charge in [-0.3, -0.25) is 4.99 Å². The molecular formula is C23H39N5O2. The molecule has 2 fully saturated rings. The van der Waals surface area contributed by atoms with Crippen LogP contribution >= 0.6 is 0 Å². The van der Waals surface area contributed by atoms with E-state index in [2.05, 4.69) is 57.6 Å². The molecule has 7 nitrogen and oxygen atoms in total. The maximum atomic E-state index is 6.20. The van der Waals surface area contributed by atoms with Crippen LogP contribution in [0.15, 0.2) is 23.2 Å². The molecule has 0 amide bonds. The second-order valence-corrected chi connectivity index (χ2v) is 8.42. The molecule has 0 bridgehead atoms. The molecule has 3 rings (SSSR count). The third-order valence-corrected chi connectivity index (χ3v) is 5.86. The van der Waals surface area contributed by atoms with Gasteiger partial charge in [0.15, 0.2) is 5.96 Å². The fourth-order valence-corrected chi connectivity index (χ4v) is 3.84. The molecule has 1 aromatic rings. The van der Waals surface area contributed by atoms with E-state index in [1.54, 1.807) is 0 Å². The summed E-state index contributed by atoms with van der Waals surface area (Å²) in [5.74, 6) is 1.78. The fourth-order valence-electron chi connectivity index (χ4n) is 3.84. The average molecular weight is 418 g/mol. The quantitative estimate of drug-likeness (QED) is 0.363. The molecule has 168 valence electrons. The van der Waals surface area contributed by atoms with E-state index in [4.69, 9.17) is 9.47 Å². The van der Waals surface area contributed by atoms with E-state index in [0.717, 1.165) is 43.3 Å². The van der Waals surface area contributed by atoms with Gasteiger partial charge in [0.05, 0.1) is 13.2 Å². The molecule has 0 radical (unpaired) electrons. The van der Waals surface area contributed by atoms with Crippen LogP contribution in [0.2, 0.25) is 0 Å². The number of aryl methyl sites for hydroxylation is 1. The second-order valence-electron chi connectivity index (χ2n) is 8.42. The monoisotopic (exact) mass is 417 g/mol. The van der Waals surface area contributed by atoms with Crippen molar-refractivity contribution in [3.8, 4) is 5.75 Å². The van der Waals surface area contributed by atoms with Crippen molar-refractivity contribution in [1.29, 1.82) is 0 Å². The number of likely N-dealkylation sites (N-methyl/N-ethyl adjacent to an activating group) is 1. The van der Waals surface area contributed by atoms with Crippen molar-refractivity contribution in [3.05, 3.63) is 29.3 Å². The number of piperazine rings is 1. The van der Waals surface area contributed by atoms with E-state index < -0.39 is 0 Å². The van der Waals surface area contributed by atoms with Crippen LogP contribution in [-0.4, -0.2) is 88.4 Å². The van der Waals surface area contributed by atoms with Crippen molar-refractivity contribution >= 4 is 5.96 Å². The Morgan fingerprint density at radius 3 is 2.77 bits per heavy atom. The van der Waals surface area contributed by atoms with Crippen LogP contribution in [0.4, 0.5) is 0 Å². The Labute approximate surface area is 181 Å². The third kappa shape index (κ3) is 7.45. The first-order chi connectivity index (χ1) is 14.6. The van der Waals surface area contributed by atoms with Crippen LogP contribution in [0, 0.1) is 6.92 Å². The van der Waals surface area contributed by atoms with Gasteiger partial charge in [-0.2, -0.15) is 0 Å². The van der Waals surface area contributed by atoms with Crippen LogP contribution in [0.25, 0.3) is 0 Å². The Bertz CT molecular complexity index is 668. The molecule has 2 aliphatic heterocycles. The zero-order valence-electron chi connectivity index (χ0n) is 19.0. The smallest absolute Gasteiger partial charge is 0.191 e. The number of hydrogen-bond acceptors (Lipinski definition) is 5. The van der Waals surface area contributed by atoms with E-state index in [1.807, 2.05) is 7.05 Å². The Hall–Kier alpha value is -1.83. The minimum atomic E-state index is 0.156. The molecule has 0 spiro atoms. The first kappa shape index (κ1) is 22.8. The van der Waals surface area contributed by atoms with Crippen LogP contribution in [0.5, 0.6) is 5.75 Å². The summed E-state index contributed by atoms with van der Waals surface area (Å²) in [7, 11) is 4.02. The highest BCUT2D eigenvalue weighted by Crippen LogP contribution is 2.23. The average Bonchev–Trinajstić information content (AvgIpc) is 3.25. The molecule has 2 aliphatic rings. The number of nitrogens with one attached hydrogen (secondary N) is 2. The van der Waals surface area contributed by atoms with Gasteiger partial charge in [0.2, 0.25) is 0 Å². The fraction of sp³-hybridized carbons (Fsp3) is 0.696. The minimum absolute atomic E-state index is 0.156. The molecule has 0 aromatic heterocycles. The Balaban J connectivity index is 1.37. The molecule has 0 aliphatic carbocycles. The number of rotatable bonds is 9. The van der Waals surface area contributed by atoms with Crippen LogP contribution in [0.3, 0.4) is 0 Å². The lowest BCUT2D eigenvalue weighted by Crippen LogP contribution is -2.44. The highest BCUT2D eigenvalue weighted by atomic mass is 16.5. The van der Waals surface area contributed by atoms with Crippen molar-refractivity contribution in [2.75, 3.05) is 66.6 Å². The van der Waals surface area contributed by atoms with Gasteiger partial charge in [0.1, 0.15) is 11.9 Å². The molecule has 2 heterocycles. The van der Waals surface area contributed by atoms with Crippen molar-refractivity contribution in [1.82, 2.24) is 20.4 Å². The van der Waals surface area contributed by atoms with Gasteiger partial charge >= 0.3 is 0 Å². The summed E-state index contributed by atoms with van der Waals surface area (Å²) in [6, 6.07) is 6.38. The molecule has 1 atom stereocenters. The normalized spacial score (nSPS) is 21.0. The zero-order valence-corrected chi connectivity index (χ0v) is 19.0. The molecule has 0 saturated carbocycles. The Morgan fingerprint density at radius 2 is 2.03 bits per heavy atom. The minimum Gasteiger partial charge on any atom is -0.488 e. The summed E-state index contributed by atoms with van der Waals surface area (Å²) in [5, 5.41) is 6.87. The van der Waals surface area contributed by atoms with Gasteiger partial charge in [-0.15, -0.1) is 0 Å². The predicted octanol–water partition coefficient (Wildman–Crippen LogP) is 1.86. The lowest BCUT2D eigenvalue weighted by molar-refractivity contribution is 0.140. The van der Waals surface area contributed by atoms with Crippen molar-refractivity contribution < 1.29 is 9.47 Å². The summed E-state index contributed by atoms with van der Waals surface area (Å²) >= 11 is 0. The highest BCUT2D eigenvalue weighted by Gasteiger charge is 2.19. The molecule has 30 heavy (non-hydrogen) atoms. The Kier molecular flexibility index (Phi) is 9.24. The van der Waals surface area contributed by atoms with E-state index in [9.17, 15) is 0 Å². The summed E-state index contributed by atoms with van der Waals surface area (Å²) in [6.07, 6.45) is 3.47. The van der Waals surface area contributed by atoms with Gasteiger partial charge in [-0.1, -0.05) is 12.1 Å². The van der Waals surface area contributed by atoms with Gasteiger partial charge in [0, 0.05) is 58.3 Å². The standard InChI is InChI=1S/C23H39N5O2/c1-19-6-7-20(22(16-19)30-21-8-15-29-18-21)17-26-23(24-2)25-9-4-5-10-28-13-11-27(3)12-14-28/h6-7,16,21H,4-5,8-15,17-18H2,1-3H3,(H2,24,25,26). The number of benzene rings is 1. The largest absolute Gasteiger partial charge is 0.488 e. The lowest BCUT2D eigenvalue weighted by atomic mass is 10.1. The van der Waals surface area contributed by atoms with Crippen LogP contribution in [-0.2, 0) is 11.3 Å². The first-order valence-corrected chi connectivity index (χ1v) is 11.3. The van der Waals surface area contributed by atoms with E-state index in [-0.39, 0.29) is 6.10 Å². The predicted molar refractivity (Wildman–Crippen MR) is 122 cm³/mol. The maximum absolute atomic E-state index is 6.20.